The maximum absolute atomic E-state index is 5.74. The van der Waals surface area contributed by atoms with Gasteiger partial charge in [0.05, 0.1) is 13.7 Å². The van der Waals surface area contributed by atoms with Crippen LogP contribution in [0.5, 0.6) is 5.88 Å². The summed E-state index contributed by atoms with van der Waals surface area (Å²) in [6, 6.07) is 3.77. The first-order valence-corrected chi connectivity index (χ1v) is 5.65. The molecule has 0 aliphatic carbocycles. The van der Waals surface area contributed by atoms with Crippen molar-refractivity contribution in [1.29, 1.82) is 0 Å². The molecular weight excluding hydrogens is 216 g/mol. The van der Waals surface area contributed by atoms with Crippen molar-refractivity contribution in [3.63, 3.8) is 0 Å². The summed E-state index contributed by atoms with van der Waals surface area (Å²) in [6.07, 6.45) is 1.69. The Morgan fingerprint density at radius 3 is 3.00 bits per heavy atom. The average molecular weight is 236 g/mol. The lowest BCUT2D eigenvalue weighted by molar-refractivity contribution is 0.392. The van der Waals surface area contributed by atoms with E-state index in [1.165, 1.54) is 0 Å². The second-order valence-electron chi connectivity index (χ2n) is 4.15. The molecule has 0 saturated carbocycles. The first-order valence-electron chi connectivity index (χ1n) is 5.65. The van der Waals surface area contributed by atoms with Crippen molar-refractivity contribution in [2.75, 3.05) is 13.7 Å². The van der Waals surface area contributed by atoms with E-state index in [9.17, 15) is 0 Å². The van der Waals surface area contributed by atoms with Crippen LogP contribution < -0.4 is 15.8 Å². The van der Waals surface area contributed by atoms with Gasteiger partial charge in [-0.15, -0.1) is 0 Å². The van der Waals surface area contributed by atoms with Gasteiger partial charge in [0.1, 0.15) is 0 Å². The van der Waals surface area contributed by atoms with E-state index in [1.54, 1.807) is 13.3 Å². The van der Waals surface area contributed by atoms with E-state index >= 15 is 0 Å². The molecule has 0 saturated heterocycles. The topological polar surface area (TPSA) is 72.5 Å². The van der Waals surface area contributed by atoms with Gasteiger partial charge in [0.25, 0.3) is 0 Å². The predicted octanol–water partition coefficient (Wildman–Crippen LogP) is 1.15. The quantitative estimate of drug-likeness (QED) is 0.594. The van der Waals surface area contributed by atoms with Crippen LogP contribution in [0.25, 0.3) is 0 Å². The molecule has 0 aliphatic rings. The van der Waals surface area contributed by atoms with Crippen molar-refractivity contribution in [2.24, 2.45) is 16.6 Å². The van der Waals surface area contributed by atoms with Crippen LogP contribution in [-0.4, -0.2) is 24.6 Å². The zero-order valence-electron chi connectivity index (χ0n) is 10.6. The third-order valence-corrected chi connectivity index (χ3v) is 2.15. The van der Waals surface area contributed by atoms with E-state index in [2.05, 4.69) is 29.1 Å². The highest BCUT2D eigenvalue weighted by atomic mass is 16.5. The molecule has 5 nitrogen and oxygen atoms in total. The molecule has 1 heterocycles. The number of rotatable bonds is 5. The molecule has 0 amide bonds. The number of pyridine rings is 1. The van der Waals surface area contributed by atoms with Gasteiger partial charge in [0.2, 0.25) is 5.88 Å². The zero-order valence-corrected chi connectivity index (χ0v) is 10.6. The summed E-state index contributed by atoms with van der Waals surface area (Å²) in [5, 5.41) is 3.06. The molecular formula is C12H20N4O. The van der Waals surface area contributed by atoms with Gasteiger partial charge in [0.15, 0.2) is 5.96 Å². The Labute approximate surface area is 102 Å². The van der Waals surface area contributed by atoms with E-state index < -0.39 is 0 Å². The summed E-state index contributed by atoms with van der Waals surface area (Å²) in [4.78, 5) is 8.33. The molecule has 0 atom stereocenters. The zero-order chi connectivity index (χ0) is 12.7. The summed E-state index contributed by atoms with van der Waals surface area (Å²) < 4.78 is 5.13. The van der Waals surface area contributed by atoms with Gasteiger partial charge in [-0.2, -0.15) is 0 Å². The Morgan fingerprint density at radius 1 is 1.59 bits per heavy atom. The SMILES string of the molecule is COc1ncccc1CN=C(N)NCC(C)C. The highest BCUT2D eigenvalue weighted by molar-refractivity contribution is 5.77. The van der Waals surface area contributed by atoms with Crippen molar-refractivity contribution in [2.45, 2.75) is 20.4 Å². The Bertz CT molecular complexity index is 377. The molecule has 3 N–H and O–H groups in total. The second-order valence-corrected chi connectivity index (χ2v) is 4.15. The Balaban J connectivity index is 2.56. The number of hydrogen-bond donors (Lipinski definition) is 2. The number of nitrogens with zero attached hydrogens (tertiary/aromatic N) is 2. The maximum Gasteiger partial charge on any atom is 0.218 e. The molecule has 0 spiro atoms. The van der Waals surface area contributed by atoms with Crippen molar-refractivity contribution in [3.05, 3.63) is 23.9 Å². The Hall–Kier alpha value is -1.78. The van der Waals surface area contributed by atoms with E-state index in [0.717, 1.165) is 12.1 Å². The summed E-state index contributed by atoms with van der Waals surface area (Å²) in [5.74, 6) is 1.58. The molecule has 0 aromatic carbocycles. The largest absolute Gasteiger partial charge is 0.481 e. The molecule has 1 rings (SSSR count). The summed E-state index contributed by atoms with van der Waals surface area (Å²) in [6.45, 7) is 5.52. The number of aromatic nitrogens is 1. The summed E-state index contributed by atoms with van der Waals surface area (Å²) in [5.41, 5.74) is 6.66. The predicted molar refractivity (Wildman–Crippen MR) is 69.0 cm³/mol. The molecule has 17 heavy (non-hydrogen) atoms. The number of ether oxygens (including phenoxy) is 1. The van der Waals surface area contributed by atoms with Crippen molar-refractivity contribution in [1.82, 2.24) is 10.3 Å². The van der Waals surface area contributed by atoms with Crippen LogP contribution in [0.4, 0.5) is 0 Å². The molecule has 0 aliphatic heterocycles. The van der Waals surface area contributed by atoms with Crippen molar-refractivity contribution < 1.29 is 4.74 Å². The minimum atomic E-state index is 0.449. The van der Waals surface area contributed by atoms with E-state index in [1.807, 2.05) is 12.1 Å². The van der Waals surface area contributed by atoms with Gasteiger partial charge in [-0.1, -0.05) is 19.9 Å². The second kappa shape index (κ2) is 6.73. The fourth-order valence-electron chi connectivity index (χ4n) is 1.26. The number of hydrogen-bond acceptors (Lipinski definition) is 3. The third kappa shape index (κ3) is 4.72. The average Bonchev–Trinajstić information content (AvgIpc) is 2.34. The van der Waals surface area contributed by atoms with Crippen molar-refractivity contribution in [3.8, 4) is 5.88 Å². The van der Waals surface area contributed by atoms with Gasteiger partial charge in [-0.3, -0.25) is 0 Å². The summed E-state index contributed by atoms with van der Waals surface area (Å²) in [7, 11) is 1.59. The highest BCUT2D eigenvalue weighted by Gasteiger charge is 2.02. The van der Waals surface area contributed by atoms with Crippen LogP contribution in [0.15, 0.2) is 23.3 Å². The van der Waals surface area contributed by atoms with E-state index in [0.29, 0.717) is 24.3 Å². The van der Waals surface area contributed by atoms with Crippen LogP contribution in [-0.2, 0) is 6.54 Å². The van der Waals surface area contributed by atoms with Crippen LogP contribution in [0.2, 0.25) is 0 Å². The Morgan fingerprint density at radius 2 is 2.35 bits per heavy atom. The molecule has 1 aromatic rings. The number of methoxy groups -OCH3 is 1. The molecule has 0 fully saturated rings. The van der Waals surface area contributed by atoms with Crippen LogP contribution >= 0.6 is 0 Å². The maximum atomic E-state index is 5.74. The lowest BCUT2D eigenvalue weighted by Gasteiger charge is -2.08. The van der Waals surface area contributed by atoms with Crippen LogP contribution in [0.1, 0.15) is 19.4 Å². The first-order chi connectivity index (χ1) is 8.13. The number of aliphatic imine (C=N–C) groups is 1. The minimum Gasteiger partial charge on any atom is -0.481 e. The molecule has 1 aromatic heterocycles. The smallest absolute Gasteiger partial charge is 0.218 e. The summed E-state index contributed by atoms with van der Waals surface area (Å²) >= 11 is 0. The van der Waals surface area contributed by atoms with Gasteiger partial charge >= 0.3 is 0 Å². The minimum absolute atomic E-state index is 0.449. The van der Waals surface area contributed by atoms with E-state index in [4.69, 9.17) is 10.5 Å². The molecule has 0 bridgehead atoms. The fourth-order valence-corrected chi connectivity index (χ4v) is 1.26. The van der Waals surface area contributed by atoms with Gasteiger partial charge in [-0.05, 0) is 12.0 Å². The Kier molecular flexibility index (Phi) is 5.26. The molecule has 5 heteroatoms. The van der Waals surface area contributed by atoms with Crippen LogP contribution in [0.3, 0.4) is 0 Å². The number of guanidine groups is 1. The van der Waals surface area contributed by atoms with Gasteiger partial charge < -0.3 is 15.8 Å². The monoisotopic (exact) mass is 236 g/mol. The van der Waals surface area contributed by atoms with Gasteiger partial charge in [-0.25, -0.2) is 9.98 Å². The lowest BCUT2D eigenvalue weighted by atomic mass is 10.2. The highest BCUT2D eigenvalue weighted by Crippen LogP contribution is 2.14. The molecule has 94 valence electrons. The number of nitrogens with one attached hydrogen (secondary N) is 1. The standard InChI is InChI=1S/C12H20N4O/c1-9(2)7-15-12(13)16-8-10-5-4-6-14-11(10)17-3/h4-6,9H,7-8H2,1-3H3,(H3,13,15,16). The third-order valence-electron chi connectivity index (χ3n) is 2.15. The molecule has 0 unspecified atom stereocenters. The number of nitrogens with two attached hydrogens (primary N) is 1. The van der Waals surface area contributed by atoms with Gasteiger partial charge in [0, 0.05) is 18.3 Å². The first kappa shape index (κ1) is 13.3. The van der Waals surface area contributed by atoms with Crippen LogP contribution in [0, 0.1) is 5.92 Å². The normalized spacial score (nSPS) is 11.6. The van der Waals surface area contributed by atoms with E-state index in [-0.39, 0.29) is 0 Å². The molecule has 0 radical (unpaired) electrons. The fraction of sp³-hybridized carbons (Fsp3) is 0.500. The van der Waals surface area contributed by atoms with Crippen molar-refractivity contribution >= 4 is 5.96 Å². The lowest BCUT2D eigenvalue weighted by Crippen LogP contribution is -2.34.